The van der Waals surface area contributed by atoms with E-state index < -0.39 is 0 Å². The van der Waals surface area contributed by atoms with E-state index in [0.717, 1.165) is 22.5 Å². The van der Waals surface area contributed by atoms with Crippen molar-refractivity contribution in [3.8, 4) is 11.3 Å². The van der Waals surface area contributed by atoms with Crippen LogP contribution in [0.3, 0.4) is 0 Å². The maximum absolute atomic E-state index is 12.7. The summed E-state index contributed by atoms with van der Waals surface area (Å²) in [5.74, 6) is 0.127. The number of amides is 1. The Balaban J connectivity index is 1.72. The van der Waals surface area contributed by atoms with Crippen molar-refractivity contribution in [1.29, 1.82) is 0 Å². The zero-order valence-electron chi connectivity index (χ0n) is 12.6. The maximum Gasteiger partial charge on any atom is 0.266 e. The number of fused-ring (bicyclic) bond motifs is 1. The summed E-state index contributed by atoms with van der Waals surface area (Å²) < 4.78 is 0. The number of anilines is 1. The third-order valence-electron chi connectivity index (χ3n) is 3.95. The molecule has 3 aromatic rings. The molecule has 0 fully saturated rings. The van der Waals surface area contributed by atoms with Crippen LogP contribution in [0.4, 0.5) is 5.95 Å². The van der Waals surface area contributed by atoms with E-state index in [4.69, 9.17) is 17.3 Å². The number of rotatable bonds is 2. The van der Waals surface area contributed by atoms with E-state index in [0.29, 0.717) is 23.0 Å². The molecule has 0 bridgehead atoms. The smallest absolute Gasteiger partial charge is 0.266 e. The summed E-state index contributed by atoms with van der Waals surface area (Å²) in [5.41, 5.74) is 9.35. The lowest BCUT2D eigenvalue weighted by molar-refractivity contribution is 0.0755. The highest BCUT2D eigenvalue weighted by Crippen LogP contribution is 2.33. The van der Waals surface area contributed by atoms with Crippen LogP contribution in [-0.4, -0.2) is 20.8 Å². The Morgan fingerprint density at radius 1 is 1.17 bits per heavy atom. The number of hydrogen-bond acceptors (Lipinski definition) is 5. The topological polar surface area (TPSA) is 72.1 Å². The number of carbonyl (C=O) groups is 1. The number of carbonyl (C=O) groups excluding carboxylic acids is 1. The Labute approximate surface area is 147 Å². The van der Waals surface area contributed by atoms with E-state index in [1.807, 2.05) is 35.7 Å². The van der Waals surface area contributed by atoms with Crippen LogP contribution in [0.1, 0.15) is 20.9 Å². The Bertz CT molecular complexity index is 926. The number of nitrogen functional groups attached to an aromatic ring is 1. The molecule has 2 aromatic heterocycles. The average Bonchev–Trinajstić information content (AvgIpc) is 3.20. The Morgan fingerprint density at radius 2 is 1.96 bits per heavy atom. The van der Waals surface area contributed by atoms with Gasteiger partial charge in [-0.1, -0.05) is 41.9 Å². The molecule has 1 aliphatic heterocycles. The van der Waals surface area contributed by atoms with Gasteiger partial charge in [-0.05, 0) is 11.4 Å². The van der Waals surface area contributed by atoms with Gasteiger partial charge in [-0.25, -0.2) is 9.97 Å². The first-order chi connectivity index (χ1) is 11.6. The van der Waals surface area contributed by atoms with Gasteiger partial charge in [0.25, 0.3) is 5.91 Å². The number of nitrogens with two attached hydrogens (primary N) is 1. The highest BCUT2D eigenvalue weighted by molar-refractivity contribution is 7.12. The molecule has 4 rings (SSSR count). The summed E-state index contributed by atoms with van der Waals surface area (Å²) in [6.45, 7) is 0.863. The summed E-state index contributed by atoms with van der Waals surface area (Å²) in [7, 11) is 0. The van der Waals surface area contributed by atoms with Crippen molar-refractivity contribution in [1.82, 2.24) is 14.9 Å². The molecule has 0 atom stereocenters. The standard InChI is InChI=1S/C17H13ClN4OS/c18-12-6-7-24-15(12)16(23)22-8-11-13(9-22)20-17(19)21-14(11)10-4-2-1-3-5-10/h1-7H,8-9H2,(H2,19,20,21). The fourth-order valence-electron chi connectivity index (χ4n) is 2.84. The molecule has 3 heterocycles. The van der Waals surface area contributed by atoms with Crippen LogP contribution in [0.15, 0.2) is 41.8 Å². The number of thiophene rings is 1. The first-order valence-electron chi connectivity index (χ1n) is 7.36. The molecule has 0 unspecified atom stereocenters. The lowest BCUT2D eigenvalue weighted by Gasteiger charge is -2.14. The molecule has 7 heteroatoms. The maximum atomic E-state index is 12.7. The van der Waals surface area contributed by atoms with Gasteiger partial charge in [-0.2, -0.15) is 0 Å². The molecule has 0 saturated carbocycles. The summed E-state index contributed by atoms with van der Waals surface area (Å²) in [5, 5.41) is 2.29. The third kappa shape index (κ3) is 2.53. The van der Waals surface area contributed by atoms with E-state index in [1.54, 1.807) is 11.0 Å². The van der Waals surface area contributed by atoms with Gasteiger partial charge in [-0.15, -0.1) is 11.3 Å². The van der Waals surface area contributed by atoms with Gasteiger partial charge in [0.15, 0.2) is 0 Å². The number of hydrogen-bond donors (Lipinski definition) is 1. The van der Waals surface area contributed by atoms with Crippen LogP contribution in [0, 0.1) is 0 Å². The van der Waals surface area contributed by atoms with Gasteiger partial charge < -0.3 is 10.6 Å². The van der Waals surface area contributed by atoms with Crippen LogP contribution in [0.2, 0.25) is 5.02 Å². The number of nitrogens with zero attached hydrogens (tertiary/aromatic N) is 3. The SMILES string of the molecule is Nc1nc2c(c(-c3ccccc3)n1)CN(C(=O)c1sccc1Cl)C2. The van der Waals surface area contributed by atoms with Crippen molar-refractivity contribution < 1.29 is 4.79 Å². The minimum atomic E-state index is -0.0921. The summed E-state index contributed by atoms with van der Waals surface area (Å²) >= 11 is 7.43. The summed E-state index contributed by atoms with van der Waals surface area (Å²) in [6, 6.07) is 11.5. The normalized spacial score (nSPS) is 13.1. The first-order valence-corrected chi connectivity index (χ1v) is 8.62. The van der Waals surface area contributed by atoms with E-state index >= 15 is 0 Å². The van der Waals surface area contributed by atoms with Crippen LogP contribution in [-0.2, 0) is 13.1 Å². The molecular weight excluding hydrogens is 344 g/mol. The lowest BCUT2D eigenvalue weighted by atomic mass is 10.1. The molecule has 24 heavy (non-hydrogen) atoms. The van der Waals surface area contributed by atoms with Gasteiger partial charge in [0.1, 0.15) is 4.88 Å². The van der Waals surface area contributed by atoms with Gasteiger partial charge in [-0.3, -0.25) is 4.79 Å². The highest BCUT2D eigenvalue weighted by atomic mass is 35.5. The quantitative estimate of drug-likeness (QED) is 0.761. The first kappa shape index (κ1) is 15.1. The summed E-state index contributed by atoms with van der Waals surface area (Å²) in [4.78, 5) is 23.7. The molecule has 0 radical (unpaired) electrons. The van der Waals surface area contributed by atoms with Crippen LogP contribution < -0.4 is 5.73 Å². The van der Waals surface area contributed by atoms with E-state index in [2.05, 4.69) is 9.97 Å². The second-order valence-corrected chi connectivity index (χ2v) is 6.80. The molecule has 1 amide bonds. The number of aromatic nitrogens is 2. The molecule has 120 valence electrons. The molecule has 0 spiro atoms. The van der Waals surface area contributed by atoms with Gasteiger partial charge in [0.2, 0.25) is 5.95 Å². The second kappa shape index (κ2) is 5.89. The van der Waals surface area contributed by atoms with Crippen LogP contribution >= 0.6 is 22.9 Å². The predicted molar refractivity (Wildman–Crippen MR) is 94.8 cm³/mol. The predicted octanol–water partition coefficient (Wildman–Crippen LogP) is 3.60. The second-order valence-electron chi connectivity index (χ2n) is 5.48. The Morgan fingerprint density at radius 3 is 2.67 bits per heavy atom. The van der Waals surface area contributed by atoms with Crippen molar-refractivity contribution in [3.05, 3.63) is 62.9 Å². The van der Waals surface area contributed by atoms with E-state index in [9.17, 15) is 4.79 Å². The van der Waals surface area contributed by atoms with Crippen molar-refractivity contribution in [3.63, 3.8) is 0 Å². The molecule has 0 saturated heterocycles. The Kier molecular flexibility index (Phi) is 3.70. The van der Waals surface area contributed by atoms with E-state index in [1.165, 1.54) is 11.3 Å². The monoisotopic (exact) mass is 356 g/mol. The molecule has 0 aliphatic carbocycles. The molecule has 1 aromatic carbocycles. The van der Waals surface area contributed by atoms with Crippen LogP contribution in [0.5, 0.6) is 0 Å². The number of benzene rings is 1. The molecule has 1 aliphatic rings. The van der Waals surface area contributed by atoms with Crippen molar-refractivity contribution in [2.24, 2.45) is 0 Å². The summed E-state index contributed by atoms with van der Waals surface area (Å²) in [6.07, 6.45) is 0. The molecular formula is C17H13ClN4OS. The van der Waals surface area contributed by atoms with Crippen molar-refractivity contribution in [2.45, 2.75) is 13.1 Å². The fraction of sp³-hybridized carbons (Fsp3) is 0.118. The minimum Gasteiger partial charge on any atom is -0.368 e. The van der Waals surface area contributed by atoms with Crippen molar-refractivity contribution in [2.75, 3.05) is 5.73 Å². The fourth-order valence-corrected chi connectivity index (χ4v) is 3.95. The van der Waals surface area contributed by atoms with Gasteiger partial charge in [0, 0.05) is 11.1 Å². The number of halogens is 1. The van der Waals surface area contributed by atoms with Gasteiger partial charge in [0.05, 0.1) is 29.5 Å². The lowest BCUT2D eigenvalue weighted by Crippen LogP contribution is -2.24. The third-order valence-corrected chi connectivity index (χ3v) is 5.27. The van der Waals surface area contributed by atoms with E-state index in [-0.39, 0.29) is 11.9 Å². The molecule has 5 nitrogen and oxygen atoms in total. The average molecular weight is 357 g/mol. The van der Waals surface area contributed by atoms with Crippen LogP contribution in [0.25, 0.3) is 11.3 Å². The molecule has 2 N–H and O–H groups in total. The van der Waals surface area contributed by atoms with Crippen molar-refractivity contribution >= 4 is 34.8 Å². The minimum absolute atomic E-state index is 0.0921. The largest absolute Gasteiger partial charge is 0.368 e. The van der Waals surface area contributed by atoms with Gasteiger partial charge >= 0.3 is 0 Å². The highest BCUT2D eigenvalue weighted by Gasteiger charge is 2.30. The zero-order valence-corrected chi connectivity index (χ0v) is 14.1. The zero-order chi connectivity index (χ0) is 16.7. The Hall–Kier alpha value is -2.44.